The molecule has 25 heavy (non-hydrogen) atoms. The number of carbonyl (C=O) groups excluding carboxylic acids is 1. The first-order valence-corrected chi connectivity index (χ1v) is 8.81. The second-order valence-electron chi connectivity index (χ2n) is 5.07. The van der Waals surface area contributed by atoms with Crippen molar-refractivity contribution in [2.45, 2.75) is 11.8 Å². The smallest absolute Gasteiger partial charge is 0.275 e. The van der Waals surface area contributed by atoms with Crippen molar-refractivity contribution in [2.75, 3.05) is 11.8 Å². The molecule has 10 heteroatoms. The number of hydrogen-bond acceptors (Lipinski definition) is 5. The topological polar surface area (TPSA) is 118 Å². The molecule has 0 radical (unpaired) electrons. The van der Waals surface area contributed by atoms with Crippen LogP contribution >= 0.6 is 11.6 Å². The van der Waals surface area contributed by atoms with Crippen LogP contribution in [0.1, 0.15) is 15.9 Å². The normalized spacial score (nSPS) is 11.0. The fourth-order valence-electron chi connectivity index (χ4n) is 2.03. The third kappa shape index (κ3) is 4.06. The number of carbonyl (C=O) groups is 1. The zero-order chi connectivity index (χ0) is 18.8. The van der Waals surface area contributed by atoms with Gasteiger partial charge in [0, 0.05) is 29.9 Å². The van der Waals surface area contributed by atoms with Crippen molar-refractivity contribution in [3.8, 4) is 0 Å². The molecule has 0 heterocycles. The summed E-state index contributed by atoms with van der Waals surface area (Å²) in [7, 11) is -2.61. The zero-order valence-electron chi connectivity index (χ0n) is 13.2. The molecule has 0 unspecified atom stereocenters. The maximum absolute atomic E-state index is 12.4. The van der Waals surface area contributed by atoms with Gasteiger partial charge in [-0.15, -0.1) is 0 Å². The lowest BCUT2D eigenvalue weighted by atomic mass is 10.2. The Bertz CT molecular complexity index is 942. The van der Waals surface area contributed by atoms with Crippen LogP contribution in [0.25, 0.3) is 0 Å². The van der Waals surface area contributed by atoms with Gasteiger partial charge in [-0.1, -0.05) is 11.6 Å². The molecular weight excluding hydrogens is 370 g/mol. The number of halogens is 1. The van der Waals surface area contributed by atoms with E-state index in [1.807, 2.05) is 0 Å². The Kier molecular flexibility index (Phi) is 5.29. The van der Waals surface area contributed by atoms with Gasteiger partial charge >= 0.3 is 0 Å². The van der Waals surface area contributed by atoms with Gasteiger partial charge in [-0.25, -0.2) is 8.42 Å². The fraction of sp³-hybridized carbons (Fsp3) is 0.133. The molecule has 2 rings (SSSR count). The van der Waals surface area contributed by atoms with E-state index in [9.17, 15) is 23.3 Å². The average molecular weight is 384 g/mol. The molecule has 132 valence electrons. The van der Waals surface area contributed by atoms with E-state index in [1.54, 1.807) is 0 Å². The molecule has 0 bridgehead atoms. The van der Waals surface area contributed by atoms with Crippen LogP contribution in [-0.4, -0.2) is 26.3 Å². The van der Waals surface area contributed by atoms with Gasteiger partial charge in [-0.05, 0) is 37.3 Å². The molecule has 2 N–H and O–H groups in total. The number of benzene rings is 2. The summed E-state index contributed by atoms with van der Waals surface area (Å²) in [6, 6.07) is 7.80. The van der Waals surface area contributed by atoms with E-state index in [0.29, 0.717) is 5.56 Å². The minimum atomic E-state index is -4.09. The van der Waals surface area contributed by atoms with Gasteiger partial charge in [-0.3, -0.25) is 19.6 Å². The van der Waals surface area contributed by atoms with E-state index in [4.69, 9.17) is 11.6 Å². The predicted octanol–water partition coefficient (Wildman–Crippen LogP) is 2.72. The van der Waals surface area contributed by atoms with Gasteiger partial charge in [-0.2, -0.15) is 0 Å². The highest BCUT2D eigenvalue weighted by Gasteiger charge is 2.22. The number of hydrogen-bond donors (Lipinski definition) is 2. The van der Waals surface area contributed by atoms with Crippen LogP contribution < -0.4 is 10.0 Å². The van der Waals surface area contributed by atoms with Crippen molar-refractivity contribution in [1.82, 2.24) is 5.32 Å². The average Bonchev–Trinajstić information content (AvgIpc) is 2.56. The van der Waals surface area contributed by atoms with Gasteiger partial charge < -0.3 is 5.32 Å². The molecule has 0 fully saturated rings. The maximum atomic E-state index is 12.4. The molecule has 0 aliphatic carbocycles. The van der Waals surface area contributed by atoms with Gasteiger partial charge in [0.15, 0.2) is 0 Å². The van der Waals surface area contributed by atoms with Crippen LogP contribution in [0.15, 0.2) is 41.3 Å². The minimum absolute atomic E-state index is 0.0236. The molecule has 0 atom stereocenters. The van der Waals surface area contributed by atoms with E-state index >= 15 is 0 Å². The van der Waals surface area contributed by atoms with E-state index in [2.05, 4.69) is 10.0 Å². The van der Waals surface area contributed by atoms with E-state index in [1.165, 1.54) is 38.2 Å². The van der Waals surface area contributed by atoms with E-state index in [0.717, 1.165) is 12.1 Å². The van der Waals surface area contributed by atoms with Gasteiger partial charge in [0.25, 0.3) is 21.6 Å². The summed E-state index contributed by atoms with van der Waals surface area (Å²) in [6.45, 7) is 1.43. The lowest BCUT2D eigenvalue weighted by molar-refractivity contribution is -0.385. The lowest BCUT2D eigenvalue weighted by Crippen LogP contribution is -2.18. The Balaban J connectivity index is 2.36. The highest BCUT2D eigenvalue weighted by atomic mass is 35.5. The number of sulfonamides is 1. The van der Waals surface area contributed by atoms with Crippen molar-refractivity contribution in [2.24, 2.45) is 0 Å². The number of amides is 1. The zero-order valence-corrected chi connectivity index (χ0v) is 14.8. The predicted molar refractivity (Wildman–Crippen MR) is 93.5 cm³/mol. The van der Waals surface area contributed by atoms with Crippen LogP contribution in [0, 0.1) is 17.0 Å². The molecule has 0 saturated heterocycles. The molecule has 2 aromatic rings. The van der Waals surface area contributed by atoms with Crippen LogP contribution in [0.2, 0.25) is 5.02 Å². The lowest BCUT2D eigenvalue weighted by Gasteiger charge is -2.10. The second-order valence-corrected chi connectivity index (χ2v) is 7.16. The SMILES string of the molecule is CNC(=O)c1ccc(NS(=O)(=O)c2cc(Cl)c(C)c([N+](=O)[O-])c2)cc1. The minimum Gasteiger partial charge on any atom is -0.355 e. The third-order valence-electron chi connectivity index (χ3n) is 3.42. The molecule has 0 saturated carbocycles. The molecule has 8 nitrogen and oxygen atoms in total. The van der Waals surface area contributed by atoms with Crippen LogP contribution in [0.5, 0.6) is 0 Å². The molecule has 0 aromatic heterocycles. The maximum Gasteiger partial charge on any atom is 0.275 e. The quantitative estimate of drug-likeness (QED) is 0.607. The van der Waals surface area contributed by atoms with Crippen LogP contribution in [-0.2, 0) is 10.0 Å². The summed E-state index contributed by atoms with van der Waals surface area (Å²) in [4.78, 5) is 21.5. The third-order valence-corrected chi connectivity index (χ3v) is 5.18. The second kappa shape index (κ2) is 7.08. The summed E-state index contributed by atoms with van der Waals surface area (Å²) in [5, 5.41) is 13.5. The fourth-order valence-corrected chi connectivity index (χ4v) is 3.42. The standard InChI is InChI=1S/C15H14ClN3O5S/c1-9-13(16)7-12(8-14(9)19(21)22)25(23,24)18-11-5-3-10(4-6-11)15(20)17-2/h3-8,18H,1-2H3,(H,17,20). The number of rotatable bonds is 5. The van der Waals surface area contributed by atoms with Gasteiger partial charge in [0.1, 0.15) is 0 Å². The summed E-state index contributed by atoms with van der Waals surface area (Å²) < 4.78 is 27.2. The molecule has 2 aromatic carbocycles. The van der Waals surface area contributed by atoms with Crippen molar-refractivity contribution in [1.29, 1.82) is 0 Å². The van der Waals surface area contributed by atoms with E-state index < -0.39 is 14.9 Å². The molecule has 0 spiro atoms. The number of nitro benzene ring substituents is 1. The molecule has 1 amide bonds. The largest absolute Gasteiger partial charge is 0.355 e. The van der Waals surface area contributed by atoms with Crippen LogP contribution in [0.3, 0.4) is 0 Å². The number of nitro groups is 1. The highest BCUT2D eigenvalue weighted by molar-refractivity contribution is 7.92. The number of nitrogens with one attached hydrogen (secondary N) is 2. The van der Waals surface area contributed by atoms with E-state index in [-0.39, 0.29) is 32.8 Å². The van der Waals surface area contributed by atoms with Gasteiger partial charge in [0.05, 0.1) is 14.8 Å². The van der Waals surface area contributed by atoms with Crippen molar-refractivity contribution in [3.05, 3.63) is 62.7 Å². The molecular formula is C15H14ClN3O5S. The highest BCUT2D eigenvalue weighted by Crippen LogP contribution is 2.30. The number of anilines is 1. The molecule has 0 aliphatic rings. The monoisotopic (exact) mass is 383 g/mol. The first-order chi connectivity index (χ1) is 11.7. The van der Waals surface area contributed by atoms with Crippen molar-refractivity contribution in [3.63, 3.8) is 0 Å². The van der Waals surface area contributed by atoms with Gasteiger partial charge in [0.2, 0.25) is 0 Å². The summed E-state index contributed by atoms with van der Waals surface area (Å²) >= 11 is 5.90. The Morgan fingerprint density at radius 2 is 1.80 bits per heavy atom. The van der Waals surface area contributed by atoms with Crippen molar-refractivity contribution < 1.29 is 18.1 Å². The number of nitrogens with zero attached hydrogens (tertiary/aromatic N) is 1. The summed E-state index contributed by atoms with van der Waals surface area (Å²) in [5.74, 6) is -0.310. The summed E-state index contributed by atoms with van der Waals surface area (Å²) in [6.07, 6.45) is 0. The summed E-state index contributed by atoms with van der Waals surface area (Å²) in [5.41, 5.74) is 0.356. The Morgan fingerprint density at radius 3 is 2.32 bits per heavy atom. The molecule has 0 aliphatic heterocycles. The Labute approximate surface area is 149 Å². The van der Waals surface area contributed by atoms with Crippen LogP contribution in [0.4, 0.5) is 11.4 Å². The first kappa shape index (κ1) is 18.7. The van der Waals surface area contributed by atoms with Crippen molar-refractivity contribution >= 4 is 38.9 Å². The Hall–Kier alpha value is -2.65. The first-order valence-electron chi connectivity index (χ1n) is 6.95. The Morgan fingerprint density at radius 1 is 1.20 bits per heavy atom.